The average molecular weight is 314 g/mol. The standard InChI is InChI=1S/C13H12ClNO2S2/c1-7(9-5-6-12(14)19-9)15-13(17)11-4-3-10(18-11)8(2)16/h3-7H,1-2H3,(H,15,17). The Morgan fingerprint density at radius 2 is 1.84 bits per heavy atom. The van der Waals surface area contributed by atoms with Crippen LogP contribution in [0.25, 0.3) is 0 Å². The number of ketones is 1. The van der Waals surface area contributed by atoms with Crippen LogP contribution in [0.5, 0.6) is 0 Å². The molecule has 0 aliphatic carbocycles. The van der Waals surface area contributed by atoms with E-state index in [0.717, 1.165) is 4.88 Å². The molecule has 2 rings (SSSR count). The van der Waals surface area contributed by atoms with Crippen molar-refractivity contribution < 1.29 is 9.59 Å². The van der Waals surface area contributed by atoms with Gasteiger partial charge < -0.3 is 5.32 Å². The molecule has 0 fully saturated rings. The highest BCUT2D eigenvalue weighted by Gasteiger charge is 2.15. The lowest BCUT2D eigenvalue weighted by Gasteiger charge is -2.10. The Morgan fingerprint density at radius 1 is 1.16 bits per heavy atom. The third-order valence-corrected chi connectivity index (χ3v) is 5.14. The smallest absolute Gasteiger partial charge is 0.261 e. The largest absolute Gasteiger partial charge is 0.344 e. The van der Waals surface area contributed by atoms with Gasteiger partial charge in [0.2, 0.25) is 0 Å². The minimum absolute atomic E-state index is 0.0258. The number of nitrogens with one attached hydrogen (secondary N) is 1. The van der Waals surface area contributed by atoms with E-state index in [1.807, 2.05) is 19.1 Å². The first kappa shape index (κ1) is 14.2. The Morgan fingerprint density at radius 3 is 2.37 bits per heavy atom. The van der Waals surface area contributed by atoms with Gasteiger partial charge in [-0.1, -0.05) is 11.6 Å². The van der Waals surface area contributed by atoms with Crippen LogP contribution in [0.15, 0.2) is 24.3 Å². The predicted octanol–water partition coefficient (Wildman–Crippen LogP) is 4.16. The number of amides is 1. The molecule has 6 heteroatoms. The third kappa shape index (κ3) is 3.43. The molecule has 3 nitrogen and oxygen atoms in total. The highest BCUT2D eigenvalue weighted by molar-refractivity contribution is 7.16. The maximum absolute atomic E-state index is 12.0. The molecule has 1 atom stereocenters. The van der Waals surface area contributed by atoms with Crippen molar-refractivity contribution in [2.75, 3.05) is 0 Å². The van der Waals surface area contributed by atoms with Gasteiger partial charge in [0.1, 0.15) is 0 Å². The van der Waals surface area contributed by atoms with Crippen LogP contribution in [0, 0.1) is 0 Å². The molecule has 1 N–H and O–H groups in total. The number of Topliss-reactive ketones (excluding diaryl/α,β-unsaturated/α-hetero) is 1. The van der Waals surface area contributed by atoms with E-state index in [0.29, 0.717) is 14.1 Å². The first-order chi connectivity index (χ1) is 8.97. The Hall–Kier alpha value is -1.17. The number of rotatable bonds is 4. The van der Waals surface area contributed by atoms with E-state index in [1.54, 1.807) is 12.1 Å². The molecule has 1 unspecified atom stereocenters. The van der Waals surface area contributed by atoms with Crippen LogP contribution in [-0.2, 0) is 0 Å². The van der Waals surface area contributed by atoms with Gasteiger partial charge in [-0.05, 0) is 38.1 Å². The quantitative estimate of drug-likeness (QED) is 0.862. The van der Waals surface area contributed by atoms with Gasteiger partial charge in [-0.15, -0.1) is 22.7 Å². The lowest BCUT2D eigenvalue weighted by molar-refractivity contribution is 0.0944. The van der Waals surface area contributed by atoms with Crippen LogP contribution < -0.4 is 5.32 Å². The van der Waals surface area contributed by atoms with Crippen molar-refractivity contribution in [3.8, 4) is 0 Å². The first-order valence-corrected chi connectivity index (χ1v) is 7.65. The van der Waals surface area contributed by atoms with Gasteiger partial charge in [0.15, 0.2) is 5.78 Å². The second kappa shape index (κ2) is 5.86. The molecular formula is C13H12ClNO2S2. The van der Waals surface area contributed by atoms with Gasteiger partial charge >= 0.3 is 0 Å². The Bertz CT molecular complexity index is 618. The summed E-state index contributed by atoms with van der Waals surface area (Å²) in [5.74, 6) is -0.198. The molecule has 0 radical (unpaired) electrons. The van der Waals surface area contributed by atoms with E-state index < -0.39 is 0 Å². The van der Waals surface area contributed by atoms with E-state index >= 15 is 0 Å². The second-order valence-corrected chi connectivity index (χ2v) is 6.89. The van der Waals surface area contributed by atoms with Crippen LogP contribution in [0.3, 0.4) is 0 Å². The molecule has 2 aromatic heterocycles. The van der Waals surface area contributed by atoms with E-state index in [1.165, 1.54) is 29.6 Å². The summed E-state index contributed by atoms with van der Waals surface area (Å²) in [4.78, 5) is 25.4. The maximum atomic E-state index is 12.0. The zero-order valence-electron chi connectivity index (χ0n) is 10.4. The number of hydrogen-bond donors (Lipinski definition) is 1. The molecule has 0 aliphatic rings. The summed E-state index contributed by atoms with van der Waals surface area (Å²) in [7, 11) is 0. The highest BCUT2D eigenvalue weighted by atomic mass is 35.5. The van der Waals surface area contributed by atoms with Crippen molar-refractivity contribution in [2.45, 2.75) is 19.9 Å². The van der Waals surface area contributed by atoms with Gasteiger partial charge in [0, 0.05) is 4.88 Å². The van der Waals surface area contributed by atoms with Crippen molar-refractivity contribution in [1.29, 1.82) is 0 Å². The molecule has 2 heterocycles. The van der Waals surface area contributed by atoms with E-state index in [2.05, 4.69) is 5.32 Å². The number of carbonyl (C=O) groups is 2. The molecule has 0 saturated carbocycles. The zero-order valence-corrected chi connectivity index (χ0v) is 12.8. The first-order valence-electron chi connectivity index (χ1n) is 5.64. The molecule has 0 aliphatic heterocycles. The number of halogens is 1. The topological polar surface area (TPSA) is 46.2 Å². The SMILES string of the molecule is CC(=O)c1ccc(C(=O)NC(C)c2ccc(Cl)s2)s1. The molecule has 2 aromatic rings. The van der Waals surface area contributed by atoms with Crippen LogP contribution in [0.4, 0.5) is 0 Å². The van der Waals surface area contributed by atoms with Crippen molar-refractivity contribution in [3.05, 3.63) is 43.2 Å². The molecular weight excluding hydrogens is 302 g/mol. The van der Waals surface area contributed by atoms with Gasteiger partial charge in [0.25, 0.3) is 5.91 Å². The van der Waals surface area contributed by atoms with Crippen molar-refractivity contribution in [3.63, 3.8) is 0 Å². The van der Waals surface area contributed by atoms with Gasteiger partial charge in [-0.2, -0.15) is 0 Å². The maximum Gasteiger partial charge on any atom is 0.261 e. The minimum atomic E-state index is -0.172. The Kier molecular flexibility index (Phi) is 4.39. The van der Waals surface area contributed by atoms with Crippen LogP contribution >= 0.6 is 34.3 Å². The summed E-state index contributed by atoms with van der Waals surface area (Å²) in [5.41, 5.74) is 0. The summed E-state index contributed by atoms with van der Waals surface area (Å²) in [6, 6.07) is 6.95. The van der Waals surface area contributed by atoms with E-state index in [9.17, 15) is 9.59 Å². The molecule has 0 saturated heterocycles. The van der Waals surface area contributed by atoms with Crippen molar-refractivity contribution >= 4 is 46.0 Å². The molecule has 100 valence electrons. The molecule has 0 aromatic carbocycles. The summed E-state index contributed by atoms with van der Waals surface area (Å²) in [6.07, 6.45) is 0. The monoisotopic (exact) mass is 313 g/mol. The van der Waals surface area contributed by atoms with Gasteiger partial charge in [0.05, 0.1) is 20.1 Å². The number of thiophene rings is 2. The normalized spacial score (nSPS) is 12.2. The fraction of sp³-hybridized carbons (Fsp3) is 0.231. The summed E-state index contributed by atoms with van der Waals surface area (Å²) >= 11 is 8.52. The zero-order chi connectivity index (χ0) is 14.0. The molecule has 1 amide bonds. The lowest BCUT2D eigenvalue weighted by atomic mass is 10.2. The summed E-state index contributed by atoms with van der Waals surface area (Å²) in [5, 5.41) is 2.89. The summed E-state index contributed by atoms with van der Waals surface area (Å²) in [6.45, 7) is 3.39. The van der Waals surface area contributed by atoms with Crippen LogP contribution in [0.2, 0.25) is 4.34 Å². The third-order valence-electron chi connectivity index (χ3n) is 2.55. The van der Waals surface area contributed by atoms with Gasteiger partial charge in [-0.25, -0.2) is 0 Å². The molecule has 0 bridgehead atoms. The van der Waals surface area contributed by atoms with Gasteiger partial charge in [-0.3, -0.25) is 9.59 Å². The summed E-state index contributed by atoms with van der Waals surface area (Å²) < 4.78 is 0.700. The predicted molar refractivity (Wildman–Crippen MR) is 79.5 cm³/mol. The Labute approximate surface area is 124 Å². The van der Waals surface area contributed by atoms with E-state index in [4.69, 9.17) is 11.6 Å². The van der Waals surface area contributed by atoms with E-state index in [-0.39, 0.29) is 17.7 Å². The van der Waals surface area contributed by atoms with Crippen LogP contribution in [-0.4, -0.2) is 11.7 Å². The highest BCUT2D eigenvalue weighted by Crippen LogP contribution is 2.27. The van der Waals surface area contributed by atoms with Crippen molar-refractivity contribution in [1.82, 2.24) is 5.32 Å². The van der Waals surface area contributed by atoms with Crippen LogP contribution in [0.1, 0.15) is 44.1 Å². The lowest BCUT2D eigenvalue weighted by Crippen LogP contribution is -2.25. The Balaban J connectivity index is 2.06. The molecule has 19 heavy (non-hydrogen) atoms. The minimum Gasteiger partial charge on any atom is -0.344 e. The van der Waals surface area contributed by atoms with Crippen molar-refractivity contribution in [2.24, 2.45) is 0 Å². The fourth-order valence-corrected chi connectivity index (χ4v) is 3.42. The fourth-order valence-electron chi connectivity index (χ4n) is 1.55. The number of hydrogen-bond acceptors (Lipinski definition) is 4. The second-order valence-electron chi connectivity index (χ2n) is 4.06. The number of carbonyl (C=O) groups excluding carboxylic acids is 2. The molecule has 0 spiro atoms. The average Bonchev–Trinajstić information content (AvgIpc) is 2.96.